The minimum Gasteiger partial charge on any atom is -0.489 e. The predicted octanol–water partition coefficient (Wildman–Crippen LogP) is 5.32. The first kappa shape index (κ1) is 19.7. The number of allylic oxidation sites excluding steroid dienone is 1. The summed E-state index contributed by atoms with van der Waals surface area (Å²) in [6.07, 6.45) is 1.63. The highest BCUT2D eigenvalue weighted by atomic mass is 35.5. The molecule has 0 atom stereocenters. The Balaban J connectivity index is 1.46. The fraction of sp³-hybridized carbons (Fsp3) is 0.0833. The number of carbonyl (C=O) groups excluding carboxylic acids is 2. The molecule has 0 bridgehead atoms. The van der Waals surface area contributed by atoms with Gasteiger partial charge in [0.05, 0.1) is 18.2 Å². The SMILES string of the molecule is COC(=O)c1ccc(COc2ccc3c(c2)O/C(=C\c2ccccc2Cl)C3=O)cc1. The molecule has 0 saturated heterocycles. The molecule has 6 heteroatoms. The van der Waals surface area contributed by atoms with E-state index in [9.17, 15) is 9.59 Å². The average Bonchev–Trinajstić information content (AvgIpc) is 3.08. The molecule has 3 aromatic rings. The van der Waals surface area contributed by atoms with Gasteiger partial charge in [-0.15, -0.1) is 0 Å². The van der Waals surface area contributed by atoms with Gasteiger partial charge in [0.15, 0.2) is 5.76 Å². The molecule has 4 rings (SSSR count). The Morgan fingerprint density at radius 2 is 1.83 bits per heavy atom. The van der Waals surface area contributed by atoms with Gasteiger partial charge in [0.1, 0.15) is 18.1 Å². The zero-order valence-corrected chi connectivity index (χ0v) is 16.8. The number of benzene rings is 3. The molecular formula is C24H17ClO5. The van der Waals surface area contributed by atoms with Crippen LogP contribution in [-0.4, -0.2) is 18.9 Å². The number of ketones is 1. The van der Waals surface area contributed by atoms with Crippen LogP contribution in [0.3, 0.4) is 0 Å². The zero-order chi connectivity index (χ0) is 21.1. The molecular weight excluding hydrogens is 404 g/mol. The molecule has 0 saturated carbocycles. The summed E-state index contributed by atoms with van der Waals surface area (Å²) >= 11 is 6.16. The van der Waals surface area contributed by atoms with Crippen LogP contribution in [0.5, 0.6) is 11.5 Å². The summed E-state index contributed by atoms with van der Waals surface area (Å²) in [5.74, 6) is 0.640. The number of rotatable bonds is 5. The molecule has 1 aliphatic heterocycles. The number of esters is 1. The Morgan fingerprint density at radius 1 is 1.07 bits per heavy atom. The number of methoxy groups -OCH3 is 1. The van der Waals surface area contributed by atoms with Crippen molar-refractivity contribution in [2.24, 2.45) is 0 Å². The van der Waals surface area contributed by atoms with Gasteiger partial charge in [-0.25, -0.2) is 4.79 Å². The number of halogens is 1. The van der Waals surface area contributed by atoms with Crippen LogP contribution in [-0.2, 0) is 11.3 Å². The van der Waals surface area contributed by atoms with Crippen molar-refractivity contribution < 1.29 is 23.8 Å². The van der Waals surface area contributed by atoms with Gasteiger partial charge >= 0.3 is 5.97 Å². The Bertz CT molecular complexity index is 1150. The van der Waals surface area contributed by atoms with E-state index in [2.05, 4.69) is 4.74 Å². The monoisotopic (exact) mass is 420 g/mol. The minimum atomic E-state index is -0.386. The van der Waals surface area contributed by atoms with Gasteiger partial charge in [-0.2, -0.15) is 0 Å². The van der Waals surface area contributed by atoms with Crippen LogP contribution in [0.2, 0.25) is 5.02 Å². The maximum absolute atomic E-state index is 12.6. The topological polar surface area (TPSA) is 61.8 Å². The Hall–Kier alpha value is -3.57. The quantitative estimate of drug-likeness (QED) is 0.413. The Labute approximate surface area is 178 Å². The van der Waals surface area contributed by atoms with Crippen LogP contribution in [0.25, 0.3) is 6.08 Å². The van der Waals surface area contributed by atoms with E-state index in [0.717, 1.165) is 5.56 Å². The second-order valence-electron chi connectivity index (χ2n) is 6.60. The van der Waals surface area contributed by atoms with Crippen molar-refractivity contribution in [1.82, 2.24) is 0 Å². The van der Waals surface area contributed by atoms with E-state index < -0.39 is 0 Å². The molecule has 0 aliphatic carbocycles. The largest absolute Gasteiger partial charge is 0.489 e. The summed E-state index contributed by atoms with van der Waals surface area (Å²) in [6.45, 7) is 0.302. The summed E-state index contributed by atoms with van der Waals surface area (Å²) in [4.78, 5) is 24.1. The summed E-state index contributed by atoms with van der Waals surface area (Å²) in [6, 6.07) is 19.3. The van der Waals surface area contributed by atoms with Gasteiger partial charge in [-0.1, -0.05) is 41.9 Å². The standard InChI is InChI=1S/C24H17ClO5/c1-28-24(27)16-8-6-15(7-9-16)14-29-18-10-11-19-21(13-18)30-22(23(19)26)12-17-4-2-3-5-20(17)25/h2-13H,14H2,1H3/b22-12-. The Morgan fingerprint density at radius 3 is 2.57 bits per heavy atom. The van der Waals surface area contributed by atoms with Gasteiger partial charge in [-0.05, 0) is 47.5 Å². The molecule has 0 amide bonds. The molecule has 0 N–H and O–H groups in total. The number of Topliss-reactive ketones (excluding diaryl/α,β-unsaturated/α-hetero) is 1. The maximum atomic E-state index is 12.6. The van der Waals surface area contributed by atoms with Crippen molar-refractivity contribution in [3.63, 3.8) is 0 Å². The highest BCUT2D eigenvalue weighted by Crippen LogP contribution is 2.35. The third-order valence-electron chi connectivity index (χ3n) is 4.61. The molecule has 5 nitrogen and oxygen atoms in total. The molecule has 0 spiro atoms. The highest BCUT2D eigenvalue weighted by molar-refractivity contribution is 6.32. The van der Waals surface area contributed by atoms with Gasteiger partial charge in [0, 0.05) is 11.1 Å². The van der Waals surface area contributed by atoms with E-state index in [-0.39, 0.29) is 17.5 Å². The van der Waals surface area contributed by atoms with Gasteiger partial charge in [0.25, 0.3) is 0 Å². The number of hydrogen-bond donors (Lipinski definition) is 0. The maximum Gasteiger partial charge on any atom is 0.337 e. The summed E-state index contributed by atoms with van der Waals surface area (Å²) in [5, 5.41) is 0.541. The van der Waals surface area contributed by atoms with E-state index in [1.54, 1.807) is 54.6 Å². The van der Waals surface area contributed by atoms with Crippen LogP contribution in [0.1, 0.15) is 31.8 Å². The van der Waals surface area contributed by atoms with Crippen LogP contribution in [0, 0.1) is 0 Å². The molecule has 3 aromatic carbocycles. The first-order chi connectivity index (χ1) is 14.5. The smallest absolute Gasteiger partial charge is 0.337 e. The lowest BCUT2D eigenvalue weighted by Gasteiger charge is -2.08. The zero-order valence-electron chi connectivity index (χ0n) is 16.1. The molecule has 1 aliphatic rings. The van der Waals surface area contributed by atoms with Crippen molar-refractivity contribution >= 4 is 29.4 Å². The molecule has 0 radical (unpaired) electrons. The lowest BCUT2D eigenvalue weighted by atomic mass is 10.1. The number of carbonyl (C=O) groups is 2. The van der Waals surface area contributed by atoms with E-state index >= 15 is 0 Å². The molecule has 0 unspecified atom stereocenters. The van der Waals surface area contributed by atoms with Gasteiger partial charge in [-0.3, -0.25) is 4.79 Å². The fourth-order valence-electron chi connectivity index (χ4n) is 3.01. The van der Waals surface area contributed by atoms with Crippen LogP contribution in [0.15, 0.2) is 72.5 Å². The molecule has 0 aromatic heterocycles. The lowest BCUT2D eigenvalue weighted by molar-refractivity contribution is 0.0600. The van der Waals surface area contributed by atoms with Crippen LogP contribution < -0.4 is 9.47 Å². The predicted molar refractivity (Wildman–Crippen MR) is 113 cm³/mol. The van der Waals surface area contributed by atoms with Crippen molar-refractivity contribution in [3.05, 3.63) is 99.8 Å². The third kappa shape index (κ3) is 4.07. The second kappa shape index (κ2) is 8.43. The molecule has 30 heavy (non-hydrogen) atoms. The van der Waals surface area contributed by atoms with E-state index in [4.69, 9.17) is 21.1 Å². The van der Waals surface area contributed by atoms with Crippen LogP contribution in [0.4, 0.5) is 0 Å². The normalized spacial score (nSPS) is 13.7. The fourth-order valence-corrected chi connectivity index (χ4v) is 3.20. The summed E-state index contributed by atoms with van der Waals surface area (Å²) in [5.41, 5.74) is 2.55. The van der Waals surface area contributed by atoms with Crippen LogP contribution >= 0.6 is 11.6 Å². The molecule has 150 valence electrons. The van der Waals surface area contributed by atoms with Crippen molar-refractivity contribution in [2.75, 3.05) is 7.11 Å². The summed E-state index contributed by atoms with van der Waals surface area (Å²) < 4.78 is 16.2. The minimum absolute atomic E-state index is 0.199. The van der Waals surface area contributed by atoms with E-state index in [1.165, 1.54) is 7.11 Å². The van der Waals surface area contributed by atoms with Crippen molar-refractivity contribution in [3.8, 4) is 11.5 Å². The lowest BCUT2D eigenvalue weighted by Crippen LogP contribution is -2.02. The second-order valence-corrected chi connectivity index (χ2v) is 7.00. The third-order valence-corrected chi connectivity index (χ3v) is 4.96. The first-order valence-corrected chi connectivity index (χ1v) is 9.56. The van der Waals surface area contributed by atoms with Gasteiger partial charge < -0.3 is 14.2 Å². The first-order valence-electron chi connectivity index (χ1n) is 9.18. The number of fused-ring (bicyclic) bond motifs is 1. The Kier molecular flexibility index (Phi) is 5.55. The van der Waals surface area contributed by atoms with Crippen molar-refractivity contribution in [2.45, 2.75) is 6.61 Å². The van der Waals surface area contributed by atoms with E-state index in [0.29, 0.717) is 39.8 Å². The van der Waals surface area contributed by atoms with Crippen molar-refractivity contribution in [1.29, 1.82) is 0 Å². The molecule has 0 fully saturated rings. The average molecular weight is 421 g/mol. The van der Waals surface area contributed by atoms with E-state index in [1.807, 2.05) is 18.2 Å². The summed E-state index contributed by atoms with van der Waals surface area (Å²) in [7, 11) is 1.34. The highest BCUT2D eigenvalue weighted by Gasteiger charge is 2.28. The van der Waals surface area contributed by atoms with Gasteiger partial charge in [0.2, 0.25) is 5.78 Å². The number of hydrogen-bond acceptors (Lipinski definition) is 5. The number of ether oxygens (including phenoxy) is 3. The molecule has 1 heterocycles.